The molecule has 0 heterocycles. The first kappa shape index (κ1) is 43.6. The fraction of sp³-hybridized carbons (Fsp3) is 0.643. The molecule has 0 saturated heterocycles. The Hall–Kier alpha value is -2.43. The number of hydrogen-bond donors (Lipinski definition) is 1. The lowest BCUT2D eigenvalue weighted by molar-refractivity contribution is -0.154. The van der Waals surface area contributed by atoms with Gasteiger partial charge in [-0.1, -0.05) is 157 Å². The largest absolute Gasteiger partial charge is 0.457 e. The summed E-state index contributed by atoms with van der Waals surface area (Å²) in [6.07, 6.45) is 53.5. The van der Waals surface area contributed by atoms with Crippen LogP contribution in [-0.2, 0) is 14.3 Å². The summed E-state index contributed by atoms with van der Waals surface area (Å²) in [6.45, 7) is 5.12. The lowest BCUT2D eigenvalue weighted by Crippen LogP contribution is -2.27. The third-order valence-electron chi connectivity index (χ3n) is 7.48. The molecule has 0 aromatic carbocycles. The molecule has 1 atom stereocenters. The predicted molar refractivity (Wildman–Crippen MR) is 200 cm³/mol. The second kappa shape index (κ2) is 38.8. The van der Waals surface area contributed by atoms with Gasteiger partial charge in [-0.15, -0.1) is 0 Å². The Morgan fingerprint density at radius 3 is 1.48 bits per heavy atom. The van der Waals surface area contributed by atoms with Crippen molar-refractivity contribution in [2.24, 2.45) is 0 Å². The molecule has 1 unspecified atom stereocenters. The molecule has 0 aliphatic rings. The van der Waals surface area contributed by atoms with Gasteiger partial charge in [-0.3, -0.25) is 4.79 Å². The summed E-state index contributed by atoms with van der Waals surface area (Å²) in [7, 11) is 0. The van der Waals surface area contributed by atoms with Crippen molar-refractivity contribution >= 4 is 5.97 Å². The smallest absolute Gasteiger partial charge is 0.306 e. The molecule has 0 rings (SSSR count). The van der Waals surface area contributed by atoms with Gasteiger partial charge in [-0.25, -0.2) is 0 Å². The van der Waals surface area contributed by atoms with E-state index in [1.165, 1.54) is 51.4 Å². The van der Waals surface area contributed by atoms with Crippen LogP contribution in [0.2, 0.25) is 0 Å². The van der Waals surface area contributed by atoms with E-state index in [2.05, 4.69) is 98.9 Å². The average Bonchev–Trinajstić information content (AvgIpc) is 3.06. The van der Waals surface area contributed by atoms with E-state index >= 15 is 0 Å². The van der Waals surface area contributed by atoms with Gasteiger partial charge in [-0.05, 0) is 70.6 Å². The zero-order valence-corrected chi connectivity index (χ0v) is 29.8. The molecule has 0 saturated carbocycles. The molecule has 0 spiro atoms. The SMILES string of the molecule is CC/C=C\C/C=C\C/C=C\C/C=C\C/C=C\C/C=C\C/C=C\CCCCCCOCC(CO)OC(=O)CCCCCCCCCC. The lowest BCUT2D eigenvalue weighted by Gasteiger charge is -2.15. The van der Waals surface area contributed by atoms with Gasteiger partial charge < -0.3 is 14.6 Å². The molecule has 4 heteroatoms. The van der Waals surface area contributed by atoms with Crippen LogP contribution in [0.25, 0.3) is 0 Å². The van der Waals surface area contributed by atoms with Crippen LogP contribution in [0.1, 0.15) is 149 Å². The van der Waals surface area contributed by atoms with Crippen LogP contribution >= 0.6 is 0 Å². The van der Waals surface area contributed by atoms with Crippen LogP contribution in [0.15, 0.2) is 85.1 Å². The highest BCUT2D eigenvalue weighted by molar-refractivity contribution is 5.69. The second-order valence-corrected chi connectivity index (χ2v) is 11.9. The summed E-state index contributed by atoms with van der Waals surface area (Å²) in [5, 5.41) is 9.51. The van der Waals surface area contributed by atoms with Gasteiger partial charge in [0.25, 0.3) is 0 Å². The molecule has 0 aliphatic carbocycles. The third kappa shape index (κ3) is 36.0. The van der Waals surface area contributed by atoms with Crippen molar-refractivity contribution < 1.29 is 19.4 Å². The zero-order chi connectivity index (χ0) is 33.4. The lowest BCUT2D eigenvalue weighted by atomic mass is 10.1. The van der Waals surface area contributed by atoms with Crippen molar-refractivity contribution in [1.82, 2.24) is 0 Å². The van der Waals surface area contributed by atoms with E-state index in [9.17, 15) is 9.90 Å². The molecule has 0 radical (unpaired) electrons. The van der Waals surface area contributed by atoms with Crippen LogP contribution in [-0.4, -0.2) is 37.0 Å². The summed E-state index contributed by atoms with van der Waals surface area (Å²) in [5.74, 6) is -0.220. The van der Waals surface area contributed by atoms with Gasteiger partial charge in [0.05, 0.1) is 13.2 Å². The minimum absolute atomic E-state index is 0.186. The van der Waals surface area contributed by atoms with Crippen molar-refractivity contribution in [3.63, 3.8) is 0 Å². The molecule has 0 aromatic heterocycles. The molecule has 0 bridgehead atoms. The van der Waals surface area contributed by atoms with E-state index in [4.69, 9.17) is 9.47 Å². The second-order valence-electron chi connectivity index (χ2n) is 11.9. The molecule has 0 fully saturated rings. The Balaban J connectivity index is 3.57. The number of unbranched alkanes of at least 4 members (excludes halogenated alkanes) is 11. The maximum absolute atomic E-state index is 12.0. The number of aliphatic hydroxyl groups excluding tert-OH is 1. The number of allylic oxidation sites excluding steroid dienone is 14. The third-order valence-corrected chi connectivity index (χ3v) is 7.48. The standard InChI is InChI=1S/C42H70O4/c1-3-5-7-9-11-13-14-15-16-17-18-19-20-21-22-23-24-25-26-27-28-29-30-32-34-36-38-45-40-41(39-43)46-42(44)37-35-33-31-12-10-8-6-4-2/h5,7,11,13,15-16,18-19,21-22,24-25,27-28,41,43H,3-4,6,8-10,12,14,17,20,23,26,29-40H2,1-2H3/b7-5-,13-11-,16-15-,19-18-,22-21-,25-24-,28-27-. The zero-order valence-electron chi connectivity index (χ0n) is 29.8. The first-order valence-electron chi connectivity index (χ1n) is 18.7. The minimum atomic E-state index is -0.548. The van der Waals surface area contributed by atoms with Crippen LogP contribution in [0.4, 0.5) is 0 Å². The van der Waals surface area contributed by atoms with Crippen molar-refractivity contribution in [3.8, 4) is 0 Å². The average molecular weight is 639 g/mol. The van der Waals surface area contributed by atoms with E-state index in [1.54, 1.807) is 0 Å². The Bertz CT molecular complexity index is 846. The number of hydrogen-bond acceptors (Lipinski definition) is 4. The van der Waals surface area contributed by atoms with E-state index < -0.39 is 6.10 Å². The number of esters is 1. The summed E-state index contributed by atoms with van der Waals surface area (Å²) in [5.41, 5.74) is 0. The summed E-state index contributed by atoms with van der Waals surface area (Å²) < 4.78 is 11.0. The number of ether oxygens (including phenoxy) is 2. The Morgan fingerprint density at radius 1 is 0.543 bits per heavy atom. The molecule has 0 aliphatic heterocycles. The summed E-state index contributed by atoms with van der Waals surface area (Å²) in [4.78, 5) is 12.0. The van der Waals surface area contributed by atoms with Gasteiger partial charge in [-0.2, -0.15) is 0 Å². The van der Waals surface area contributed by atoms with E-state index in [0.717, 1.165) is 77.0 Å². The fourth-order valence-electron chi connectivity index (χ4n) is 4.72. The van der Waals surface area contributed by atoms with E-state index in [1.807, 2.05) is 0 Å². The summed E-state index contributed by atoms with van der Waals surface area (Å²) in [6, 6.07) is 0. The van der Waals surface area contributed by atoms with E-state index in [-0.39, 0.29) is 19.2 Å². The number of carbonyl (C=O) groups is 1. The molecule has 0 amide bonds. The van der Waals surface area contributed by atoms with Gasteiger partial charge in [0.15, 0.2) is 0 Å². The number of aliphatic hydroxyl groups is 1. The van der Waals surface area contributed by atoms with Crippen molar-refractivity contribution in [2.45, 2.75) is 155 Å². The molecule has 4 nitrogen and oxygen atoms in total. The van der Waals surface area contributed by atoms with Gasteiger partial charge in [0.2, 0.25) is 0 Å². The molecule has 1 N–H and O–H groups in total. The first-order chi connectivity index (χ1) is 22.7. The van der Waals surface area contributed by atoms with Crippen LogP contribution in [0, 0.1) is 0 Å². The Kier molecular flexibility index (Phi) is 36.7. The normalized spacial score (nSPS) is 13.4. The van der Waals surface area contributed by atoms with Crippen molar-refractivity contribution in [1.29, 1.82) is 0 Å². The Labute approximate surface area is 284 Å². The van der Waals surface area contributed by atoms with Crippen molar-refractivity contribution in [3.05, 3.63) is 85.1 Å². The van der Waals surface area contributed by atoms with Gasteiger partial charge in [0, 0.05) is 13.0 Å². The molecule has 0 aromatic rings. The molecular formula is C42H70O4. The van der Waals surface area contributed by atoms with E-state index in [0.29, 0.717) is 13.0 Å². The van der Waals surface area contributed by atoms with Crippen LogP contribution < -0.4 is 0 Å². The minimum Gasteiger partial charge on any atom is -0.457 e. The summed E-state index contributed by atoms with van der Waals surface area (Å²) >= 11 is 0. The maximum Gasteiger partial charge on any atom is 0.306 e. The Morgan fingerprint density at radius 2 is 0.978 bits per heavy atom. The number of rotatable bonds is 33. The molecular weight excluding hydrogens is 568 g/mol. The van der Waals surface area contributed by atoms with Crippen molar-refractivity contribution in [2.75, 3.05) is 19.8 Å². The topological polar surface area (TPSA) is 55.8 Å². The maximum atomic E-state index is 12.0. The highest BCUT2D eigenvalue weighted by Gasteiger charge is 2.13. The highest BCUT2D eigenvalue weighted by Crippen LogP contribution is 2.11. The quantitative estimate of drug-likeness (QED) is 0.0441. The molecule has 46 heavy (non-hydrogen) atoms. The van der Waals surface area contributed by atoms with Gasteiger partial charge >= 0.3 is 5.97 Å². The first-order valence-corrected chi connectivity index (χ1v) is 18.7. The highest BCUT2D eigenvalue weighted by atomic mass is 16.6. The number of carbonyl (C=O) groups excluding carboxylic acids is 1. The predicted octanol–water partition coefficient (Wildman–Crippen LogP) is 12.0. The van der Waals surface area contributed by atoms with Gasteiger partial charge in [0.1, 0.15) is 6.10 Å². The fourth-order valence-corrected chi connectivity index (χ4v) is 4.72. The monoisotopic (exact) mass is 639 g/mol. The molecule has 262 valence electrons. The van der Waals surface area contributed by atoms with Crippen LogP contribution in [0.5, 0.6) is 0 Å². The van der Waals surface area contributed by atoms with Crippen LogP contribution in [0.3, 0.4) is 0 Å².